The number of H-pyrrole nitrogens is 1. The number of rotatable bonds is 5. The van der Waals surface area contributed by atoms with Crippen LogP contribution in [0.5, 0.6) is 5.75 Å². The lowest BCUT2D eigenvalue weighted by Gasteiger charge is -2.08. The maximum Gasteiger partial charge on any atom is 0.262 e. The van der Waals surface area contributed by atoms with Crippen molar-refractivity contribution < 1.29 is 9.15 Å². The Bertz CT molecular complexity index is 1090. The Balaban J connectivity index is 1.70. The Morgan fingerprint density at radius 1 is 1.19 bits per heavy atom. The molecule has 0 spiro atoms. The van der Waals surface area contributed by atoms with Crippen LogP contribution >= 0.6 is 0 Å². The minimum atomic E-state index is -0.289. The van der Waals surface area contributed by atoms with Crippen LogP contribution in [0.2, 0.25) is 0 Å². The van der Waals surface area contributed by atoms with Crippen molar-refractivity contribution >= 4 is 22.7 Å². The highest BCUT2D eigenvalue weighted by atomic mass is 16.5. The number of pyridine rings is 1. The van der Waals surface area contributed by atoms with Gasteiger partial charge in [-0.2, -0.15) is 4.98 Å². The van der Waals surface area contributed by atoms with Crippen LogP contribution in [0, 0.1) is 0 Å². The fourth-order valence-electron chi connectivity index (χ4n) is 2.70. The van der Waals surface area contributed by atoms with Crippen molar-refractivity contribution in [3.05, 3.63) is 65.3 Å². The van der Waals surface area contributed by atoms with Gasteiger partial charge in [0.2, 0.25) is 5.95 Å². The standard InChI is InChI=1S/C19H16N4O3/c1-2-25-13-7-5-12(6-8-13)21-19-22-17-16(18(24)23-19)14(9-10-20-17)15-4-3-11-26-15/h3-11H,2H2,1H3,(H2,20,21,22,23,24). The monoisotopic (exact) mass is 348 g/mol. The molecule has 0 unspecified atom stereocenters. The average Bonchev–Trinajstić information content (AvgIpc) is 3.18. The van der Waals surface area contributed by atoms with Crippen molar-refractivity contribution in [3.8, 4) is 17.1 Å². The number of anilines is 2. The van der Waals surface area contributed by atoms with E-state index in [1.54, 1.807) is 30.7 Å². The van der Waals surface area contributed by atoms with Crippen molar-refractivity contribution in [1.82, 2.24) is 15.0 Å². The third-order valence-electron chi connectivity index (χ3n) is 3.82. The predicted octanol–water partition coefficient (Wildman–Crippen LogP) is 3.72. The van der Waals surface area contributed by atoms with Crippen molar-refractivity contribution in [2.75, 3.05) is 11.9 Å². The largest absolute Gasteiger partial charge is 0.494 e. The zero-order valence-corrected chi connectivity index (χ0v) is 14.0. The number of nitrogens with one attached hydrogen (secondary N) is 2. The number of furan rings is 1. The predicted molar refractivity (Wildman–Crippen MR) is 98.8 cm³/mol. The number of fused-ring (bicyclic) bond motifs is 1. The maximum atomic E-state index is 12.6. The van der Waals surface area contributed by atoms with Gasteiger partial charge in [0, 0.05) is 17.4 Å². The topological polar surface area (TPSA) is 93.0 Å². The Kier molecular flexibility index (Phi) is 4.10. The Morgan fingerprint density at radius 2 is 2.04 bits per heavy atom. The molecule has 4 aromatic rings. The Hall–Kier alpha value is -3.61. The molecule has 0 saturated carbocycles. The number of aromatic amines is 1. The summed E-state index contributed by atoms with van der Waals surface area (Å²) in [6, 6.07) is 12.7. The molecule has 3 aromatic heterocycles. The lowest BCUT2D eigenvalue weighted by atomic mass is 10.1. The van der Waals surface area contributed by atoms with Gasteiger partial charge in [-0.25, -0.2) is 4.98 Å². The number of ether oxygens (including phenoxy) is 1. The number of nitrogens with zero attached hydrogens (tertiary/aromatic N) is 2. The summed E-state index contributed by atoms with van der Waals surface area (Å²) in [5, 5.41) is 3.46. The molecule has 0 atom stereocenters. The van der Waals surface area contributed by atoms with Gasteiger partial charge >= 0.3 is 0 Å². The van der Waals surface area contributed by atoms with Crippen molar-refractivity contribution in [2.45, 2.75) is 6.92 Å². The van der Waals surface area contributed by atoms with Crippen LogP contribution in [0.3, 0.4) is 0 Å². The summed E-state index contributed by atoms with van der Waals surface area (Å²) in [6.45, 7) is 2.54. The van der Waals surface area contributed by atoms with Gasteiger partial charge in [0.1, 0.15) is 11.5 Å². The molecule has 0 radical (unpaired) electrons. The summed E-state index contributed by atoms with van der Waals surface area (Å²) in [5.74, 6) is 1.69. The first-order valence-electron chi connectivity index (χ1n) is 8.17. The highest BCUT2D eigenvalue weighted by molar-refractivity contribution is 5.90. The highest BCUT2D eigenvalue weighted by Crippen LogP contribution is 2.25. The molecule has 7 heteroatoms. The first-order valence-corrected chi connectivity index (χ1v) is 8.17. The molecule has 0 fully saturated rings. The molecule has 26 heavy (non-hydrogen) atoms. The van der Waals surface area contributed by atoms with E-state index in [1.807, 2.05) is 31.2 Å². The normalized spacial score (nSPS) is 10.8. The second-order valence-corrected chi connectivity index (χ2v) is 5.53. The lowest BCUT2D eigenvalue weighted by molar-refractivity contribution is 0.340. The highest BCUT2D eigenvalue weighted by Gasteiger charge is 2.13. The van der Waals surface area contributed by atoms with E-state index < -0.39 is 0 Å². The Labute approximate surface area is 148 Å². The quantitative estimate of drug-likeness (QED) is 0.571. The summed E-state index contributed by atoms with van der Waals surface area (Å²) < 4.78 is 10.8. The molecule has 0 aliphatic carbocycles. The van der Waals surface area contributed by atoms with Crippen LogP contribution < -0.4 is 15.6 Å². The number of hydrogen-bond acceptors (Lipinski definition) is 6. The van der Waals surface area contributed by atoms with E-state index in [0.717, 1.165) is 11.4 Å². The molecule has 7 nitrogen and oxygen atoms in total. The van der Waals surface area contributed by atoms with E-state index in [2.05, 4.69) is 20.3 Å². The van der Waals surface area contributed by atoms with Gasteiger partial charge in [-0.1, -0.05) is 0 Å². The average molecular weight is 348 g/mol. The first-order chi connectivity index (χ1) is 12.7. The third-order valence-corrected chi connectivity index (χ3v) is 3.82. The molecule has 0 saturated heterocycles. The summed E-state index contributed by atoms with van der Waals surface area (Å²) in [7, 11) is 0. The molecule has 0 aliphatic heterocycles. The van der Waals surface area contributed by atoms with Crippen LogP contribution in [0.15, 0.2) is 64.1 Å². The number of benzene rings is 1. The fourth-order valence-corrected chi connectivity index (χ4v) is 2.70. The van der Waals surface area contributed by atoms with Crippen LogP contribution in [-0.2, 0) is 0 Å². The van der Waals surface area contributed by atoms with E-state index in [9.17, 15) is 4.79 Å². The third kappa shape index (κ3) is 3.02. The van der Waals surface area contributed by atoms with Gasteiger partial charge in [0.15, 0.2) is 5.65 Å². The molecule has 1 aromatic carbocycles. The van der Waals surface area contributed by atoms with E-state index in [0.29, 0.717) is 34.9 Å². The van der Waals surface area contributed by atoms with E-state index in [1.165, 1.54) is 0 Å². The smallest absolute Gasteiger partial charge is 0.262 e. The van der Waals surface area contributed by atoms with Crippen LogP contribution in [0.25, 0.3) is 22.4 Å². The van der Waals surface area contributed by atoms with Crippen molar-refractivity contribution in [1.29, 1.82) is 0 Å². The molecule has 2 N–H and O–H groups in total. The summed E-state index contributed by atoms with van der Waals surface area (Å²) in [4.78, 5) is 24.0. The maximum absolute atomic E-state index is 12.6. The second kappa shape index (κ2) is 6.72. The van der Waals surface area contributed by atoms with Crippen LogP contribution in [0.1, 0.15) is 6.92 Å². The van der Waals surface area contributed by atoms with Gasteiger partial charge in [-0.05, 0) is 49.4 Å². The molecule has 130 valence electrons. The number of aromatic nitrogens is 3. The van der Waals surface area contributed by atoms with Crippen LogP contribution in [-0.4, -0.2) is 21.6 Å². The van der Waals surface area contributed by atoms with E-state index in [4.69, 9.17) is 9.15 Å². The van der Waals surface area contributed by atoms with Gasteiger partial charge in [-0.3, -0.25) is 9.78 Å². The van der Waals surface area contributed by atoms with E-state index in [-0.39, 0.29) is 5.56 Å². The molecule has 4 rings (SSSR count). The zero-order valence-electron chi connectivity index (χ0n) is 14.0. The fraction of sp³-hybridized carbons (Fsp3) is 0.105. The zero-order chi connectivity index (χ0) is 17.9. The summed E-state index contributed by atoms with van der Waals surface area (Å²) >= 11 is 0. The first kappa shape index (κ1) is 15.9. The molecule has 0 amide bonds. The Morgan fingerprint density at radius 3 is 2.77 bits per heavy atom. The van der Waals surface area contributed by atoms with Crippen molar-refractivity contribution in [3.63, 3.8) is 0 Å². The summed E-state index contributed by atoms with van der Waals surface area (Å²) in [5.41, 5.74) is 1.48. The molecular formula is C19H16N4O3. The van der Waals surface area contributed by atoms with Gasteiger partial charge in [0.25, 0.3) is 5.56 Å². The second-order valence-electron chi connectivity index (χ2n) is 5.53. The summed E-state index contributed by atoms with van der Waals surface area (Å²) in [6.07, 6.45) is 3.17. The SMILES string of the molecule is CCOc1ccc(Nc2nc3nccc(-c4ccco4)c3c(=O)[nH]2)cc1. The molecule has 3 heterocycles. The minimum Gasteiger partial charge on any atom is -0.494 e. The molecular weight excluding hydrogens is 332 g/mol. The van der Waals surface area contributed by atoms with Crippen LogP contribution in [0.4, 0.5) is 11.6 Å². The minimum absolute atomic E-state index is 0.289. The lowest BCUT2D eigenvalue weighted by Crippen LogP contribution is -2.13. The molecule has 0 aliphatic rings. The molecule has 0 bridgehead atoms. The van der Waals surface area contributed by atoms with Gasteiger partial charge < -0.3 is 14.5 Å². The van der Waals surface area contributed by atoms with E-state index >= 15 is 0 Å². The van der Waals surface area contributed by atoms with Gasteiger partial charge in [0.05, 0.1) is 18.3 Å². The van der Waals surface area contributed by atoms with Crippen molar-refractivity contribution in [2.24, 2.45) is 0 Å². The number of hydrogen-bond donors (Lipinski definition) is 2. The van der Waals surface area contributed by atoms with Gasteiger partial charge in [-0.15, -0.1) is 0 Å².